The third-order valence-electron chi connectivity index (χ3n) is 6.62. The van der Waals surface area contributed by atoms with Gasteiger partial charge in [0, 0.05) is 28.8 Å². The summed E-state index contributed by atoms with van der Waals surface area (Å²) in [5, 5.41) is 24.3. The average Bonchev–Trinajstić information content (AvgIpc) is 3.40. The highest BCUT2D eigenvalue weighted by atomic mass is 35.5. The van der Waals surface area contributed by atoms with Crippen molar-refractivity contribution in [3.8, 4) is 0 Å². The molecule has 0 radical (unpaired) electrons. The normalized spacial score (nSPS) is 14.5. The van der Waals surface area contributed by atoms with Crippen LogP contribution in [0.25, 0.3) is 6.08 Å². The number of non-ortho nitro benzene ring substituents is 1. The number of anilines is 1. The Balaban J connectivity index is 1.41. The minimum Gasteiger partial charge on any atom is -0.273 e. The van der Waals surface area contributed by atoms with Crippen molar-refractivity contribution < 1.29 is 24.1 Å². The largest absolute Gasteiger partial charge is 0.282 e. The lowest BCUT2D eigenvalue weighted by Gasteiger charge is -2.20. The number of amides is 4. The van der Waals surface area contributed by atoms with E-state index in [9.17, 15) is 29.3 Å². The lowest BCUT2D eigenvalue weighted by Crippen LogP contribution is -2.41. The lowest BCUT2D eigenvalue weighted by molar-refractivity contribution is -0.384. The van der Waals surface area contributed by atoms with Crippen LogP contribution in [0.4, 0.5) is 17.1 Å². The van der Waals surface area contributed by atoms with E-state index in [0.717, 1.165) is 4.90 Å². The maximum Gasteiger partial charge on any atom is 0.282 e. The van der Waals surface area contributed by atoms with Gasteiger partial charge >= 0.3 is 0 Å². The van der Waals surface area contributed by atoms with Gasteiger partial charge in [-0.05, 0) is 42.0 Å². The van der Waals surface area contributed by atoms with Crippen LogP contribution in [-0.4, -0.2) is 45.3 Å². The summed E-state index contributed by atoms with van der Waals surface area (Å²) in [5.41, 5.74) is 1.30. The molecule has 4 aromatic carbocycles. The molecule has 5 rings (SSSR count). The topological polar surface area (TPSA) is 155 Å². The zero-order valence-corrected chi connectivity index (χ0v) is 24.6. The summed E-state index contributed by atoms with van der Waals surface area (Å²) < 4.78 is 0. The smallest absolute Gasteiger partial charge is 0.273 e. The Kier molecular flexibility index (Phi) is 9.59. The van der Waals surface area contributed by atoms with E-state index < -0.39 is 41.0 Å². The Labute approximate surface area is 267 Å². The first kappa shape index (κ1) is 31.3. The third kappa shape index (κ3) is 7.31. The van der Waals surface area contributed by atoms with Crippen molar-refractivity contribution in [3.63, 3.8) is 0 Å². The SMILES string of the molecule is O=C(CC(=O)N(C(=O)/C=C/c1ccccc1)c1ccc(Cl)cc1)N1N=C(c2ccccc2)[C@@H](N=Nc2cccc([N+](=O)[O-])c2)C1=O. The highest BCUT2D eigenvalue weighted by molar-refractivity contribution is 6.31. The molecule has 1 aliphatic rings. The number of nitrogens with zero attached hydrogens (tertiary/aromatic N) is 6. The van der Waals surface area contributed by atoms with E-state index in [4.69, 9.17) is 11.6 Å². The predicted molar refractivity (Wildman–Crippen MR) is 170 cm³/mol. The molecule has 0 aliphatic carbocycles. The Morgan fingerprint density at radius 1 is 0.935 bits per heavy atom. The van der Waals surface area contributed by atoms with E-state index in [-0.39, 0.29) is 22.8 Å². The fourth-order valence-corrected chi connectivity index (χ4v) is 4.54. The molecule has 1 heterocycles. The van der Waals surface area contributed by atoms with Gasteiger partial charge in [0.1, 0.15) is 12.1 Å². The van der Waals surface area contributed by atoms with Crippen LogP contribution < -0.4 is 4.90 Å². The van der Waals surface area contributed by atoms with Crippen LogP contribution in [0.15, 0.2) is 131 Å². The monoisotopic (exact) mass is 634 g/mol. The van der Waals surface area contributed by atoms with E-state index in [1.54, 1.807) is 54.6 Å². The van der Waals surface area contributed by atoms with Crippen LogP contribution in [-0.2, 0) is 19.2 Å². The van der Waals surface area contributed by atoms with Crippen molar-refractivity contribution in [2.75, 3.05) is 4.90 Å². The summed E-state index contributed by atoms with van der Waals surface area (Å²) in [4.78, 5) is 65.1. The van der Waals surface area contributed by atoms with Crippen LogP contribution in [0.2, 0.25) is 5.02 Å². The van der Waals surface area contributed by atoms with Crippen LogP contribution in [0.5, 0.6) is 0 Å². The van der Waals surface area contributed by atoms with Crippen molar-refractivity contribution in [1.29, 1.82) is 0 Å². The molecule has 4 amide bonds. The van der Waals surface area contributed by atoms with Crippen LogP contribution in [0.3, 0.4) is 0 Å². The van der Waals surface area contributed by atoms with Gasteiger partial charge in [-0.25, -0.2) is 4.90 Å². The van der Waals surface area contributed by atoms with Crippen LogP contribution >= 0.6 is 11.6 Å². The number of hydrazone groups is 1. The number of rotatable bonds is 9. The molecule has 12 nitrogen and oxygen atoms in total. The number of nitro benzene ring substituents is 1. The molecule has 4 aromatic rings. The summed E-state index contributed by atoms with van der Waals surface area (Å²) in [6.07, 6.45) is 1.83. The molecule has 0 saturated heterocycles. The molecule has 0 fully saturated rings. The molecule has 0 bridgehead atoms. The average molecular weight is 635 g/mol. The fourth-order valence-electron chi connectivity index (χ4n) is 4.42. The first-order valence-corrected chi connectivity index (χ1v) is 14.1. The summed E-state index contributed by atoms with van der Waals surface area (Å²) in [6, 6.07) is 27.2. The molecule has 1 atom stereocenters. The molecular weight excluding hydrogens is 612 g/mol. The van der Waals surface area contributed by atoms with E-state index in [2.05, 4.69) is 15.3 Å². The maximum absolute atomic E-state index is 13.5. The zero-order chi connectivity index (χ0) is 32.6. The quantitative estimate of drug-likeness (QED) is 0.0708. The Hall–Kier alpha value is -6.14. The molecular formula is C33H23ClN6O6. The summed E-state index contributed by atoms with van der Waals surface area (Å²) >= 11 is 6.01. The van der Waals surface area contributed by atoms with Gasteiger partial charge in [0.05, 0.1) is 16.3 Å². The van der Waals surface area contributed by atoms with Crippen molar-refractivity contribution in [2.24, 2.45) is 15.3 Å². The molecule has 0 N–H and O–H groups in total. The van der Waals surface area contributed by atoms with Gasteiger partial charge in [0.25, 0.3) is 23.4 Å². The Morgan fingerprint density at radius 2 is 1.61 bits per heavy atom. The number of hydrogen-bond donors (Lipinski definition) is 0. The molecule has 0 spiro atoms. The summed E-state index contributed by atoms with van der Waals surface area (Å²) in [6.45, 7) is 0. The maximum atomic E-state index is 13.5. The van der Waals surface area contributed by atoms with Gasteiger partial charge in [0.15, 0.2) is 6.04 Å². The van der Waals surface area contributed by atoms with Gasteiger partial charge in [-0.2, -0.15) is 20.3 Å². The molecule has 228 valence electrons. The number of azo groups is 1. The molecule has 46 heavy (non-hydrogen) atoms. The number of benzene rings is 4. The summed E-state index contributed by atoms with van der Waals surface area (Å²) in [5.74, 6) is -3.54. The molecule has 13 heteroatoms. The third-order valence-corrected chi connectivity index (χ3v) is 6.87. The first-order valence-electron chi connectivity index (χ1n) is 13.7. The second-order valence-corrected chi connectivity index (χ2v) is 10.2. The Morgan fingerprint density at radius 3 is 2.28 bits per heavy atom. The van der Waals surface area contributed by atoms with E-state index in [1.807, 2.05) is 6.07 Å². The molecule has 0 saturated carbocycles. The van der Waals surface area contributed by atoms with Gasteiger partial charge in [-0.1, -0.05) is 78.3 Å². The zero-order valence-electron chi connectivity index (χ0n) is 23.8. The number of imide groups is 2. The van der Waals surface area contributed by atoms with Crippen molar-refractivity contribution >= 4 is 64.1 Å². The van der Waals surface area contributed by atoms with Crippen LogP contribution in [0.1, 0.15) is 17.5 Å². The molecule has 1 aliphatic heterocycles. The van der Waals surface area contributed by atoms with Gasteiger partial charge in [-0.15, -0.1) is 0 Å². The van der Waals surface area contributed by atoms with Crippen molar-refractivity contribution in [3.05, 3.63) is 142 Å². The van der Waals surface area contributed by atoms with Crippen LogP contribution in [0, 0.1) is 10.1 Å². The lowest BCUT2D eigenvalue weighted by atomic mass is 10.0. The van der Waals surface area contributed by atoms with Crippen molar-refractivity contribution in [2.45, 2.75) is 12.5 Å². The predicted octanol–water partition coefficient (Wildman–Crippen LogP) is 6.14. The number of nitro groups is 1. The highest BCUT2D eigenvalue weighted by Gasteiger charge is 2.41. The second kappa shape index (κ2) is 14.1. The second-order valence-electron chi connectivity index (χ2n) is 9.75. The minimum atomic E-state index is -1.39. The van der Waals surface area contributed by atoms with Crippen molar-refractivity contribution in [1.82, 2.24) is 5.01 Å². The first-order chi connectivity index (χ1) is 22.2. The van der Waals surface area contributed by atoms with Gasteiger partial charge in [0.2, 0.25) is 5.91 Å². The summed E-state index contributed by atoms with van der Waals surface area (Å²) in [7, 11) is 0. The molecule has 0 aromatic heterocycles. The Bertz CT molecular complexity index is 1890. The number of carbonyl (C=O) groups excluding carboxylic acids is 4. The highest BCUT2D eigenvalue weighted by Crippen LogP contribution is 2.25. The van der Waals surface area contributed by atoms with Gasteiger partial charge in [-0.3, -0.25) is 29.3 Å². The number of carbonyl (C=O) groups is 4. The molecule has 0 unspecified atom stereocenters. The standard InChI is InChI=1S/C33H23ClN6O6/c34-24-15-17-26(18-16-24)38(28(41)19-14-22-8-3-1-4-9-22)29(42)21-30(43)39-33(44)32(31(37-39)23-10-5-2-6-11-23)36-35-25-12-7-13-27(20-25)40(45)46/h1-20,32H,21H2/b19-14+,36-35?/t32-/m1/s1. The van der Waals surface area contributed by atoms with E-state index >= 15 is 0 Å². The van der Waals surface area contributed by atoms with E-state index in [1.165, 1.54) is 60.7 Å². The number of hydrogen-bond acceptors (Lipinski definition) is 9. The van der Waals surface area contributed by atoms with Gasteiger partial charge < -0.3 is 0 Å². The fraction of sp³-hybridized carbons (Fsp3) is 0.0606. The van der Waals surface area contributed by atoms with E-state index in [0.29, 0.717) is 21.2 Å². The number of halogens is 1. The minimum absolute atomic E-state index is 0.0806.